The molecule has 1 aromatic rings. The normalized spacial score (nSPS) is 10.0. The van der Waals surface area contributed by atoms with Crippen molar-refractivity contribution in [2.45, 2.75) is 13.3 Å². The number of halogens is 1. The second kappa shape index (κ2) is 3.66. The van der Waals surface area contributed by atoms with E-state index in [1.54, 1.807) is 13.0 Å². The summed E-state index contributed by atoms with van der Waals surface area (Å²) in [7, 11) is 0. The molecule has 0 aliphatic carbocycles. The van der Waals surface area contributed by atoms with E-state index in [-0.39, 0.29) is 17.2 Å². The second-order valence-electron chi connectivity index (χ2n) is 2.82. The van der Waals surface area contributed by atoms with E-state index in [0.29, 0.717) is 11.1 Å². The molecule has 0 aromatic heterocycles. The molecular weight excluding hydrogens is 192 g/mol. The van der Waals surface area contributed by atoms with Gasteiger partial charge in [0.1, 0.15) is 5.75 Å². The van der Waals surface area contributed by atoms with Crippen molar-refractivity contribution in [3.05, 3.63) is 28.3 Å². The smallest absolute Gasteiger partial charge is 0.307 e. The molecule has 0 fully saturated rings. The molecule has 4 heteroatoms. The van der Waals surface area contributed by atoms with Crippen LogP contribution in [0.2, 0.25) is 5.02 Å². The van der Waals surface area contributed by atoms with Crippen LogP contribution in [0.1, 0.15) is 11.1 Å². The number of aryl methyl sites for hydroxylation is 1. The van der Waals surface area contributed by atoms with Crippen LogP contribution in [-0.4, -0.2) is 16.2 Å². The van der Waals surface area contributed by atoms with E-state index in [1.807, 2.05) is 0 Å². The molecule has 0 aliphatic heterocycles. The molecule has 0 saturated carbocycles. The Bertz CT molecular complexity index is 324. The topological polar surface area (TPSA) is 57.5 Å². The van der Waals surface area contributed by atoms with Crippen molar-refractivity contribution >= 4 is 17.6 Å². The Balaban J connectivity index is 3.06. The lowest BCUT2D eigenvalue weighted by molar-refractivity contribution is -0.136. The number of benzene rings is 1. The van der Waals surface area contributed by atoms with Gasteiger partial charge in [-0.1, -0.05) is 17.7 Å². The Labute approximate surface area is 80.6 Å². The number of carboxylic acids is 1. The standard InChI is InChI=1S/C9H9ClO3/c1-5-2-6(4-8(12)13)3-7(11)9(5)10/h2-3,11H,4H2,1H3,(H,12,13). The van der Waals surface area contributed by atoms with Crippen LogP contribution in [0.4, 0.5) is 0 Å². The summed E-state index contributed by atoms with van der Waals surface area (Å²) in [6, 6.07) is 3.01. The van der Waals surface area contributed by atoms with Gasteiger partial charge in [0.25, 0.3) is 0 Å². The van der Waals surface area contributed by atoms with E-state index in [9.17, 15) is 9.90 Å². The molecule has 0 heterocycles. The van der Waals surface area contributed by atoms with Crippen LogP contribution in [-0.2, 0) is 11.2 Å². The fourth-order valence-electron chi connectivity index (χ4n) is 1.10. The third kappa shape index (κ3) is 2.36. The highest BCUT2D eigenvalue weighted by Gasteiger charge is 2.07. The lowest BCUT2D eigenvalue weighted by Gasteiger charge is -2.04. The summed E-state index contributed by atoms with van der Waals surface area (Å²) in [5, 5.41) is 18.0. The van der Waals surface area contributed by atoms with E-state index >= 15 is 0 Å². The van der Waals surface area contributed by atoms with E-state index in [4.69, 9.17) is 16.7 Å². The monoisotopic (exact) mass is 200 g/mol. The SMILES string of the molecule is Cc1cc(CC(=O)O)cc(O)c1Cl. The molecule has 0 aliphatic rings. The van der Waals surface area contributed by atoms with Gasteiger partial charge in [-0.3, -0.25) is 4.79 Å². The molecule has 13 heavy (non-hydrogen) atoms. The lowest BCUT2D eigenvalue weighted by atomic mass is 10.1. The number of aromatic hydroxyl groups is 1. The summed E-state index contributed by atoms with van der Waals surface area (Å²) >= 11 is 5.69. The maximum absolute atomic E-state index is 10.4. The zero-order chi connectivity index (χ0) is 10.0. The zero-order valence-corrected chi connectivity index (χ0v) is 7.80. The van der Waals surface area contributed by atoms with Crippen molar-refractivity contribution < 1.29 is 15.0 Å². The Hall–Kier alpha value is -1.22. The van der Waals surface area contributed by atoms with E-state index in [1.165, 1.54) is 6.07 Å². The van der Waals surface area contributed by atoms with E-state index in [0.717, 1.165) is 0 Å². The van der Waals surface area contributed by atoms with Crippen LogP contribution in [0.3, 0.4) is 0 Å². The number of carbonyl (C=O) groups is 1. The molecule has 70 valence electrons. The Morgan fingerprint density at radius 3 is 2.62 bits per heavy atom. The van der Waals surface area contributed by atoms with Gasteiger partial charge in [0, 0.05) is 0 Å². The quantitative estimate of drug-likeness (QED) is 0.768. The first-order valence-electron chi connectivity index (χ1n) is 3.70. The van der Waals surface area contributed by atoms with Crippen molar-refractivity contribution in [2.24, 2.45) is 0 Å². The van der Waals surface area contributed by atoms with Crippen molar-refractivity contribution in [3.63, 3.8) is 0 Å². The average Bonchev–Trinajstić information content (AvgIpc) is 1.98. The summed E-state index contributed by atoms with van der Waals surface area (Å²) in [5.74, 6) is -1.00. The molecule has 2 N–H and O–H groups in total. The molecule has 1 aromatic carbocycles. The van der Waals surface area contributed by atoms with Crippen LogP contribution in [0.5, 0.6) is 5.75 Å². The first-order chi connectivity index (χ1) is 6.00. The fraction of sp³-hybridized carbons (Fsp3) is 0.222. The largest absolute Gasteiger partial charge is 0.506 e. The summed E-state index contributed by atoms with van der Waals surface area (Å²) in [6.07, 6.45) is -0.106. The van der Waals surface area contributed by atoms with Gasteiger partial charge in [-0.2, -0.15) is 0 Å². The Morgan fingerprint density at radius 1 is 1.54 bits per heavy atom. The molecule has 0 radical (unpaired) electrons. The number of phenolic OH excluding ortho intramolecular Hbond substituents is 1. The molecule has 0 saturated heterocycles. The Morgan fingerprint density at radius 2 is 2.15 bits per heavy atom. The van der Waals surface area contributed by atoms with Gasteiger partial charge < -0.3 is 10.2 Å². The third-order valence-electron chi connectivity index (χ3n) is 1.65. The van der Waals surface area contributed by atoms with E-state index < -0.39 is 5.97 Å². The lowest BCUT2D eigenvalue weighted by Crippen LogP contribution is -2.00. The highest BCUT2D eigenvalue weighted by molar-refractivity contribution is 6.32. The molecule has 0 spiro atoms. The molecule has 0 atom stereocenters. The molecule has 0 bridgehead atoms. The number of hydrogen-bond acceptors (Lipinski definition) is 2. The van der Waals surface area contributed by atoms with Crippen molar-refractivity contribution in [2.75, 3.05) is 0 Å². The zero-order valence-electron chi connectivity index (χ0n) is 7.04. The first kappa shape index (κ1) is 9.86. The number of rotatable bonds is 2. The van der Waals surface area contributed by atoms with Gasteiger partial charge in [-0.05, 0) is 24.1 Å². The van der Waals surface area contributed by atoms with E-state index in [2.05, 4.69) is 0 Å². The maximum Gasteiger partial charge on any atom is 0.307 e. The predicted octanol–water partition coefficient (Wildman–Crippen LogP) is 1.98. The maximum atomic E-state index is 10.4. The minimum Gasteiger partial charge on any atom is -0.506 e. The molecule has 1 rings (SSSR count). The van der Waals surface area contributed by atoms with Crippen LogP contribution in [0, 0.1) is 6.92 Å². The molecule has 0 amide bonds. The number of phenols is 1. The van der Waals surface area contributed by atoms with Crippen LogP contribution >= 0.6 is 11.6 Å². The van der Waals surface area contributed by atoms with Crippen LogP contribution in [0.25, 0.3) is 0 Å². The number of aliphatic carboxylic acids is 1. The van der Waals surface area contributed by atoms with Gasteiger partial charge in [0.2, 0.25) is 0 Å². The minimum absolute atomic E-state index is 0.0714. The van der Waals surface area contributed by atoms with Crippen molar-refractivity contribution in [3.8, 4) is 5.75 Å². The summed E-state index contributed by atoms with van der Waals surface area (Å²) in [4.78, 5) is 10.4. The highest BCUT2D eigenvalue weighted by Crippen LogP contribution is 2.28. The number of carboxylic acid groups (broad SMARTS) is 1. The van der Waals surface area contributed by atoms with Gasteiger partial charge >= 0.3 is 5.97 Å². The van der Waals surface area contributed by atoms with Gasteiger partial charge in [-0.25, -0.2) is 0 Å². The second-order valence-corrected chi connectivity index (χ2v) is 3.19. The average molecular weight is 201 g/mol. The summed E-state index contributed by atoms with van der Waals surface area (Å²) in [5.41, 5.74) is 1.23. The number of hydrogen-bond donors (Lipinski definition) is 2. The van der Waals surface area contributed by atoms with Crippen molar-refractivity contribution in [1.82, 2.24) is 0 Å². The predicted molar refractivity (Wildman–Crippen MR) is 49.2 cm³/mol. The van der Waals surface area contributed by atoms with Crippen LogP contribution < -0.4 is 0 Å². The minimum atomic E-state index is -0.930. The fourth-order valence-corrected chi connectivity index (χ4v) is 1.21. The third-order valence-corrected chi connectivity index (χ3v) is 2.14. The molecule has 3 nitrogen and oxygen atoms in total. The van der Waals surface area contributed by atoms with Crippen LogP contribution in [0.15, 0.2) is 12.1 Å². The first-order valence-corrected chi connectivity index (χ1v) is 4.08. The van der Waals surface area contributed by atoms with Gasteiger partial charge in [-0.15, -0.1) is 0 Å². The molecule has 0 unspecified atom stereocenters. The summed E-state index contributed by atoms with van der Waals surface area (Å²) in [6.45, 7) is 1.72. The van der Waals surface area contributed by atoms with Crippen molar-refractivity contribution in [1.29, 1.82) is 0 Å². The molecular formula is C9H9ClO3. The summed E-state index contributed by atoms with van der Waals surface area (Å²) < 4.78 is 0. The highest BCUT2D eigenvalue weighted by atomic mass is 35.5. The van der Waals surface area contributed by atoms with Gasteiger partial charge in [0.05, 0.1) is 11.4 Å². The van der Waals surface area contributed by atoms with Gasteiger partial charge in [0.15, 0.2) is 0 Å². The Kier molecular flexibility index (Phi) is 2.78.